The molecule has 3 rings (SSSR count). The van der Waals surface area contributed by atoms with Gasteiger partial charge in [-0.05, 0) is 35.7 Å². The zero-order chi connectivity index (χ0) is 21.9. The molecule has 3 aromatic rings. The number of carbonyl (C=O) groups is 1. The van der Waals surface area contributed by atoms with E-state index in [2.05, 4.69) is 6.92 Å². The third-order valence-corrected chi connectivity index (χ3v) is 6.15. The molecular formula is C28H37N2O+. The number of pyridine rings is 1. The van der Waals surface area contributed by atoms with Crippen LogP contribution in [0.1, 0.15) is 87.1 Å². The molecule has 0 saturated carbocycles. The van der Waals surface area contributed by atoms with E-state index in [4.69, 9.17) is 5.73 Å². The number of nitrogens with zero attached hydrogens (tertiary/aromatic N) is 1. The number of nitrogen functional groups attached to an aromatic ring is 1. The summed E-state index contributed by atoms with van der Waals surface area (Å²) in [4.78, 5) is 13.3. The summed E-state index contributed by atoms with van der Waals surface area (Å²) >= 11 is 0. The van der Waals surface area contributed by atoms with Crippen LogP contribution in [0.15, 0.2) is 60.8 Å². The van der Waals surface area contributed by atoms with Crippen molar-refractivity contribution in [3.05, 3.63) is 71.9 Å². The first-order valence-electron chi connectivity index (χ1n) is 12.0. The van der Waals surface area contributed by atoms with Crippen molar-refractivity contribution in [2.45, 2.75) is 77.7 Å². The van der Waals surface area contributed by atoms with E-state index >= 15 is 0 Å². The van der Waals surface area contributed by atoms with Crippen LogP contribution in [-0.2, 0) is 6.54 Å². The lowest BCUT2D eigenvalue weighted by Crippen LogP contribution is -2.38. The summed E-state index contributed by atoms with van der Waals surface area (Å²) < 4.78 is 2.03. The second kappa shape index (κ2) is 12.2. The molecule has 0 fully saturated rings. The first kappa shape index (κ1) is 23.0. The summed E-state index contributed by atoms with van der Waals surface area (Å²) in [7, 11) is 0. The van der Waals surface area contributed by atoms with Crippen molar-refractivity contribution in [3.63, 3.8) is 0 Å². The molecule has 1 aromatic heterocycles. The van der Waals surface area contributed by atoms with Gasteiger partial charge in [-0.25, -0.2) is 4.57 Å². The van der Waals surface area contributed by atoms with E-state index in [-0.39, 0.29) is 5.78 Å². The van der Waals surface area contributed by atoms with Gasteiger partial charge < -0.3 is 0 Å². The quantitative estimate of drug-likeness (QED) is 0.187. The zero-order valence-electron chi connectivity index (χ0n) is 19.0. The van der Waals surface area contributed by atoms with E-state index in [9.17, 15) is 4.79 Å². The first-order chi connectivity index (χ1) is 15.2. The number of rotatable bonds is 13. The van der Waals surface area contributed by atoms with Gasteiger partial charge >= 0.3 is 0 Å². The van der Waals surface area contributed by atoms with Gasteiger partial charge in [0.2, 0.25) is 5.78 Å². The van der Waals surface area contributed by atoms with Crippen LogP contribution in [-0.4, -0.2) is 5.78 Å². The highest BCUT2D eigenvalue weighted by molar-refractivity contribution is 6.17. The van der Waals surface area contributed by atoms with Crippen LogP contribution < -0.4 is 10.3 Å². The Morgan fingerprint density at radius 3 is 2.10 bits per heavy atom. The maximum Gasteiger partial charge on any atom is 0.283 e. The Hall–Kier alpha value is -2.68. The second-order valence-electron chi connectivity index (χ2n) is 8.54. The number of benzene rings is 2. The minimum Gasteiger partial charge on any atom is -0.288 e. The van der Waals surface area contributed by atoms with E-state index in [1.165, 1.54) is 57.8 Å². The number of aromatic nitrogens is 1. The molecule has 2 aromatic carbocycles. The Kier molecular flexibility index (Phi) is 9.08. The fourth-order valence-corrected chi connectivity index (χ4v) is 4.29. The number of carbonyl (C=O) groups excluding carboxylic acids is 1. The summed E-state index contributed by atoms with van der Waals surface area (Å²) in [6, 6.07) is 17.6. The molecule has 0 amide bonds. The SMILES string of the molecule is CCCCCCCCCCCC[n+]1cccc(C(=O)c2cccc3ccccc23)c1N. The molecule has 0 aliphatic carbocycles. The second-order valence-corrected chi connectivity index (χ2v) is 8.54. The smallest absolute Gasteiger partial charge is 0.283 e. The lowest BCUT2D eigenvalue weighted by atomic mass is 9.97. The summed E-state index contributed by atoms with van der Waals surface area (Å²) in [6.07, 6.45) is 15.1. The van der Waals surface area contributed by atoms with E-state index in [0.717, 1.165) is 23.7 Å². The molecule has 3 heteroatoms. The molecule has 0 bridgehead atoms. The predicted molar refractivity (Wildman–Crippen MR) is 130 cm³/mol. The normalized spacial score (nSPS) is 11.1. The monoisotopic (exact) mass is 417 g/mol. The van der Waals surface area contributed by atoms with Crippen molar-refractivity contribution >= 4 is 22.4 Å². The van der Waals surface area contributed by atoms with Gasteiger partial charge in [-0.1, -0.05) is 101 Å². The Bertz CT molecular complexity index is 974. The maximum absolute atomic E-state index is 13.3. The van der Waals surface area contributed by atoms with E-state index in [1.54, 1.807) is 0 Å². The number of hydrogen-bond acceptors (Lipinski definition) is 2. The molecule has 0 unspecified atom stereocenters. The van der Waals surface area contributed by atoms with Crippen molar-refractivity contribution in [1.82, 2.24) is 0 Å². The molecule has 0 atom stereocenters. The molecule has 2 N–H and O–H groups in total. The molecule has 0 saturated heterocycles. The van der Waals surface area contributed by atoms with Gasteiger partial charge in [0.1, 0.15) is 5.56 Å². The van der Waals surface area contributed by atoms with Gasteiger partial charge in [-0.15, -0.1) is 0 Å². The Morgan fingerprint density at radius 2 is 1.35 bits per heavy atom. The number of unbranched alkanes of at least 4 members (excludes halogenated alkanes) is 9. The van der Waals surface area contributed by atoms with Crippen LogP contribution in [0, 0.1) is 0 Å². The van der Waals surface area contributed by atoms with Crippen LogP contribution in [0.25, 0.3) is 10.8 Å². The summed E-state index contributed by atoms with van der Waals surface area (Å²) in [5, 5.41) is 2.04. The average Bonchev–Trinajstić information content (AvgIpc) is 2.80. The largest absolute Gasteiger partial charge is 0.288 e. The molecule has 0 aliphatic heterocycles. The third-order valence-electron chi connectivity index (χ3n) is 6.15. The van der Waals surface area contributed by atoms with Gasteiger partial charge in [0.15, 0.2) is 0 Å². The maximum atomic E-state index is 13.3. The van der Waals surface area contributed by atoms with Crippen molar-refractivity contribution < 1.29 is 9.36 Å². The molecule has 31 heavy (non-hydrogen) atoms. The van der Waals surface area contributed by atoms with Crippen molar-refractivity contribution in [1.29, 1.82) is 0 Å². The fourth-order valence-electron chi connectivity index (χ4n) is 4.29. The number of ketones is 1. The Labute approximate surface area is 187 Å². The number of fused-ring (bicyclic) bond motifs is 1. The van der Waals surface area contributed by atoms with Gasteiger partial charge in [0.05, 0.1) is 12.7 Å². The highest BCUT2D eigenvalue weighted by Gasteiger charge is 2.20. The van der Waals surface area contributed by atoms with Crippen LogP contribution in [0.5, 0.6) is 0 Å². The summed E-state index contributed by atoms with van der Waals surface area (Å²) in [6.45, 7) is 3.12. The van der Waals surface area contributed by atoms with Crippen molar-refractivity contribution in [2.24, 2.45) is 0 Å². The van der Waals surface area contributed by atoms with Gasteiger partial charge in [-0.2, -0.15) is 0 Å². The zero-order valence-corrected chi connectivity index (χ0v) is 19.0. The Morgan fingerprint density at radius 1 is 0.742 bits per heavy atom. The molecular weight excluding hydrogens is 380 g/mol. The molecule has 0 aliphatic rings. The first-order valence-corrected chi connectivity index (χ1v) is 12.0. The fraction of sp³-hybridized carbons (Fsp3) is 0.429. The minimum absolute atomic E-state index is 0.00766. The Balaban J connectivity index is 1.54. The number of hydrogen-bond donors (Lipinski definition) is 1. The third kappa shape index (κ3) is 6.40. The van der Waals surface area contributed by atoms with Gasteiger partial charge in [0, 0.05) is 5.56 Å². The number of nitrogens with two attached hydrogens (primary N) is 1. The van der Waals surface area contributed by atoms with E-state index in [1.807, 2.05) is 65.4 Å². The lowest BCUT2D eigenvalue weighted by molar-refractivity contribution is -0.683. The predicted octanol–water partition coefficient (Wildman–Crippen LogP) is 6.86. The molecule has 3 nitrogen and oxygen atoms in total. The van der Waals surface area contributed by atoms with Crippen LogP contribution in [0.4, 0.5) is 5.82 Å². The van der Waals surface area contributed by atoms with Crippen LogP contribution >= 0.6 is 0 Å². The molecule has 1 heterocycles. The van der Waals surface area contributed by atoms with Gasteiger partial charge in [0.25, 0.3) is 5.82 Å². The van der Waals surface area contributed by atoms with Crippen LogP contribution in [0.3, 0.4) is 0 Å². The minimum atomic E-state index is -0.00766. The topological polar surface area (TPSA) is 47.0 Å². The molecule has 0 spiro atoms. The number of anilines is 1. The lowest BCUT2D eigenvalue weighted by Gasteiger charge is -2.09. The number of aryl methyl sites for hydroxylation is 1. The van der Waals surface area contributed by atoms with Crippen LogP contribution in [0.2, 0.25) is 0 Å². The van der Waals surface area contributed by atoms with Crippen molar-refractivity contribution in [3.8, 4) is 0 Å². The van der Waals surface area contributed by atoms with E-state index < -0.39 is 0 Å². The van der Waals surface area contributed by atoms with Gasteiger partial charge in [-0.3, -0.25) is 10.5 Å². The molecule has 164 valence electrons. The highest BCUT2D eigenvalue weighted by Crippen LogP contribution is 2.22. The summed E-state index contributed by atoms with van der Waals surface area (Å²) in [5.74, 6) is 0.558. The van der Waals surface area contributed by atoms with Crippen molar-refractivity contribution in [2.75, 3.05) is 5.73 Å². The summed E-state index contributed by atoms with van der Waals surface area (Å²) in [5.41, 5.74) is 7.73. The molecule has 0 radical (unpaired) electrons. The standard InChI is InChI=1S/C28H36N2O/c1-2-3-4-5-6-7-8-9-10-13-21-30-22-15-20-26(28(30)29)27(31)25-19-14-17-23-16-11-12-18-24(23)25/h11-12,14-20,22,29H,2-10,13,21H2,1H3/p+1. The average molecular weight is 418 g/mol. The van der Waals surface area contributed by atoms with E-state index in [0.29, 0.717) is 16.9 Å². The highest BCUT2D eigenvalue weighted by atomic mass is 16.1.